The molecule has 3 rings (SSSR count). The van der Waals surface area contributed by atoms with Crippen molar-refractivity contribution in [2.24, 2.45) is 0 Å². The molecule has 150 valence electrons. The fourth-order valence-corrected chi connectivity index (χ4v) is 3.21. The highest BCUT2D eigenvalue weighted by Crippen LogP contribution is 2.29. The van der Waals surface area contributed by atoms with Crippen LogP contribution in [0.4, 0.5) is 0 Å². The second-order valence-corrected chi connectivity index (χ2v) is 5.85. The summed E-state index contributed by atoms with van der Waals surface area (Å²) in [5.74, 6) is -0.925. The molecule has 0 bridgehead atoms. The van der Waals surface area contributed by atoms with Crippen molar-refractivity contribution in [2.75, 3.05) is 0 Å². The zero-order chi connectivity index (χ0) is 21.7. The van der Waals surface area contributed by atoms with Gasteiger partial charge in [0, 0.05) is 11.8 Å². The van der Waals surface area contributed by atoms with Crippen LogP contribution in [0.1, 0.15) is 50.7 Å². The maximum atomic E-state index is 11.0. The van der Waals surface area contributed by atoms with Crippen molar-refractivity contribution in [3.63, 3.8) is 0 Å². The highest BCUT2D eigenvalue weighted by molar-refractivity contribution is 7.23. The Morgan fingerprint density at radius 1 is 1.18 bits per heavy atom. The van der Waals surface area contributed by atoms with Gasteiger partial charge in [0.1, 0.15) is 0 Å². The Hall–Kier alpha value is -2.92. The minimum Gasteiger partial charge on any atom is -0.478 e. The molecule has 0 saturated heterocycles. The topological polar surface area (TPSA) is 54.6 Å². The fourth-order valence-electron chi connectivity index (χ4n) is 2.16. The Bertz CT molecular complexity index is 962. The van der Waals surface area contributed by atoms with Crippen molar-refractivity contribution in [2.45, 2.75) is 34.6 Å². The first-order valence-corrected chi connectivity index (χ1v) is 10.0. The van der Waals surface area contributed by atoms with E-state index in [1.165, 1.54) is 11.3 Å². The molecule has 0 radical (unpaired) electrons. The SMILES string of the molecule is C=C/C=C(\C=C)c1cn2c(n1)sc1cc(C(=O)O)ccc12.C=CC.CC.CC. The number of fused-ring (bicyclic) bond motifs is 3. The summed E-state index contributed by atoms with van der Waals surface area (Å²) in [5, 5.41) is 9.03. The first-order chi connectivity index (χ1) is 13.5. The summed E-state index contributed by atoms with van der Waals surface area (Å²) >= 11 is 1.46. The zero-order valence-corrected chi connectivity index (χ0v) is 18.2. The molecule has 3 aromatic rings. The maximum Gasteiger partial charge on any atom is 0.335 e. The van der Waals surface area contributed by atoms with Crippen LogP contribution in [0.15, 0.2) is 68.4 Å². The first kappa shape index (κ1) is 25.1. The Labute approximate surface area is 171 Å². The number of aromatic nitrogens is 2. The van der Waals surface area contributed by atoms with E-state index in [0.29, 0.717) is 0 Å². The molecule has 28 heavy (non-hydrogen) atoms. The van der Waals surface area contributed by atoms with Crippen molar-refractivity contribution < 1.29 is 9.90 Å². The van der Waals surface area contributed by atoms with Gasteiger partial charge in [0.05, 0.1) is 21.5 Å². The molecule has 0 atom stereocenters. The number of hydrogen-bond donors (Lipinski definition) is 1. The van der Waals surface area contributed by atoms with Crippen molar-refractivity contribution in [1.29, 1.82) is 0 Å². The van der Waals surface area contributed by atoms with Crippen molar-refractivity contribution >= 4 is 38.1 Å². The van der Waals surface area contributed by atoms with Gasteiger partial charge in [-0.1, -0.05) is 76.5 Å². The number of rotatable bonds is 4. The number of imidazole rings is 1. The number of allylic oxidation sites excluding steroid dienone is 5. The Kier molecular flexibility index (Phi) is 11.9. The zero-order valence-electron chi connectivity index (χ0n) is 17.4. The van der Waals surface area contributed by atoms with Gasteiger partial charge in [-0.15, -0.1) is 6.58 Å². The van der Waals surface area contributed by atoms with E-state index < -0.39 is 5.97 Å². The number of carbonyl (C=O) groups is 1. The molecule has 0 aliphatic heterocycles. The molecule has 5 heteroatoms. The van der Waals surface area contributed by atoms with Crippen molar-refractivity contribution in [1.82, 2.24) is 9.38 Å². The minimum atomic E-state index is -0.925. The van der Waals surface area contributed by atoms with Gasteiger partial charge in [0.15, 0.2) is 4.96 Å². The molecule has 0 saturated carbocycles. The van der Waals surface area contributed by atoms with Crippen LogP contribution in [-0.2, 0) is 0 Å². The van der Waals surface area contributed by atoms with Crippen LogP contribution in [0.25, 0.3) is 20.8 Å². The Morgan fingerprint density at radius 2 is 1.79 bits per heavy atom. The standard InChI is InChI=1S/C16H12N2O2S.C3H6.2C2H6/c1-3-5-10(4-2)12-9-18-13-7-6-11(15(19)20)8-14(13)21-16(18)17-12;1-3-2;2*1-2/h3-9H,1-2H2,(H,19,20);3H,1H2,2H3;2*1-2H3/b10-5+;;;. The summed E-state index contributed by atoms with van der Waals surface area (Å²) < 4.78 is 2.86. The highest BCUT2D eigenvalue weighted by atomic mass is 32.1. The van der Waals surface area contributed by atoms with Gasteiger partial charge in [-0.3, -0.25) is 4.40 Å². The molecule has 0 aliphatic rings. The van der Waals surface area contributed by atoms with E-state index >= 15 is 0 Å². The summed E-state index contributed by atoms with van der Waals surface area (Å²) in [6.45, 7) is 20.7. The van der Waals surface area contributed by atoms with Crippen LogP contribution in [0, 0.1) is 0 Å². The number of aromatic carboxylic acids is 1. The number of thiazole rings is 1. The van der Waals surface area contributed by atoms with Crippen LogP contribution in [0.3, 0.4) is 0 Å². The third-order valence-electron chi connectivity index (χ3n) is 3.15. The molecule has 0 unspecified atom stereocenters. The average Bonchev–Trinajstić information content (AvgIpc) is 3.27. The highest BCUT2D eigenvalue weighted by Gasteiger charge is 2.12. The molecule has 0 amide bonds. The summed E-state index contributed by atoms with van der Waals surface area (Å²) in [4.78, 5) is 16.4. The number of carboxylic acids is 1. The molecule has 0 fully saturated rings. The van der Waals surface area contributed by atoms with Crippen LogP contribution >= 0.6 is 11.3 Å². The largest absolute Gasteiger partial charge is 0.478 e. The molecule has 2 heterocycles. The predicted octanol–water partition coefficient (Wildman–Crippen LogP) is 7.25. The Morgan fingerprint density at radius 3 is 2.29 bits per heavy atom. The molecule has 1 N–H and O–H groups in total. The van der Waals surface area contributed by atoms with Crippen LogP contribution < -0.4 is 0 Å². The lowest BCUT2D eigenvalue weighted by molar-refractivity contribution is 0.0697. The first-order valence-electron chi connectivity index (χ1n) is 9.23. The van der Waals surface area contributed by atoms with E-state index in [2.05, 4.69) is 24.7 Å². The van der Waals surface area contributed by atoms with E-state index in [1.807, 2.05) is 51.3 Å². The van der Waals surface area contributed by atoms with Crippen molar-refractivity contribution in [3.8, 4) is 0 Å². The number of benzene rings is 1. The second-order valence-electron chi connectivity index (χ2n) is 4.84. The normalized spacial score (nSPS) is 9.82. The molecule has 0 spiro atoms. The molecule has 2 aromatic heterocycles. The van der Waals surface area contributed by atoms with E-state index in [9.17, 15) is 4.79 Å². The van der Waals surface area contributed by atoms with E-state index in [1.54, 1.807) is 36.4 Å². The molecule has 4 nitrogen and oxygen atoms in total. The minimum absolute atomic E-state index is 0.283. The monoisotopic (exact) mass is 398 g/mol. The van der Waals surface area contributed by atoms with E-state index in [-0.39, 0.29) is 5.56 Å². The third-order valence-corrected chi connectivity index (χ3v) is 4.17. The lowest BCUT2D eigenvalue weighted by Gasteiger charge is -1.96. The second kappa shape index (κ2) is 13.3. The molecule has 0 aliphatic carbocycles. The van der Waals surface area contributed by atoms with Gasteiger partial charge in [-0.05, 0) is 25.1 Å². The Balaban J connectivity index is 0.000000930. The van der Waals surface area contributed by atoms with Gasteiger partial charge in [0.2, 0.25) is 0 Å². The average molecular weight is 399 g/mol. The van der Waals surface area contributed by atoms with Crippen LogP contribution in [-0.4, -0.2) is 20.5 Å². The maximum absolute atomic E-state index is 11.0. The quantitative estimate of drug-likeness (QED) is 0.372. The fraction of sp³-hybridized carbons (Fsp3) is 0.217. The number of nitrogens with zero attached hydrogens (tertiary/aromatic N) is 2. The lowest BCUT2D eigenvalue weighted by Crippen LogP contribution is -1.94. The molecule has 1 aromatic carbocycles. The van der Waals surface area contributed by atoms with E-state index in [0.717, 1.165) is 26.4 Å². The molecular weight excluding hydrogens is 368 g/mol. The van der Waals surface area contributed by atoms with Crippen LogP contribution in [0.5, 0.6) is 0 Å². The van der Waals surface area contributed by atoms with Crippen molar-refractivity contribution in [3.05, 3.63) is 79.7 Å². The van der Waals surface area contributed by atoms with Crippen LogP contribution in [0.2, 0.25) is 0 Å². The number of hydrogen-bond acceptors (Lipinski definition) is 3. The number of carboxylic acid groups (broad SMARTS) is 1. The molecular formula is C23H30N2O2S. The van der Waals surface area contributed by atoms with Gasteiger partial charge in [0.25, 0.3) is 0 Å². The van der Waals surface area contributed by atoms with Gasteiger partial charge < -0.3 is 5.11 Å². The predicted molar refractivity (Wildman–Crippen MR) is 124 cm³/mol. The van der Waals surface area contributed by atoms with Gasteiger partial charge in [-0.2, -0.15) is 0 Å². The third kappa shape index (κ3) is 6.06. The smallest absolute Gasteiger partial charge is 0.335 e. The summed E-state index contributed by atoms with van der Waals surface area (Å²) in [5.41, 5.74) is 2.95. The van der Waals surface area contributed by atoms with Gasteiger partial charge >= 0.3 is 5.97 Å². The van der Waals surface area contributed by atoms with E-state index in [4.69, 9.17) is 5.11 Å². The summed E-state index contributed by atoms with van der Waals surface area (Å²) in [7, 11) is 0. The summed E-state index contributed by atoms with van der Waals surface area (Å²) in [6, 6.07) is 5.08. The van der Waals surface area contributed by atoms with Gasteiger partial charge in [-0.25, -0.2) is 9.78 Å². The lowest BCUT2D eigenvalue weighted by atomic mass is 10.2. The summed E-state index contributed by atoms with van der Waals surface area (Å²) in [6.07, 6.45) is 8.95.